The third kappa shape index (κ3) is 3.97. The fourth-order valence-electron chi connectivity index (χ4n) is 2.27. The van der Waals surface area contributed by atoms with Gasteiger partial charge < -0.3 is 4.90 Å². The number of hydrogen-bond donors (Lipinski definition) is 0. The Labute approximate surface area is 139 Å². The first-order chi connectivity index (χ1) is 11.1. The van der Waals surface area contributed by atoms with Crippen LogP contribution in [0.4, 0.5) is 8.78 Å². The molecule has 0 radical (unpaired) electrons. The van der Waals surface area contributed by atoms with Gasteiger partial charge in [-0.15, -0.1) is 0 Å². The number of halogens is 2. The van der Waals surface area contributed by atoms with E-state index in [1.54, 1.807) is 19.1 Å². The van der Waals surface area contributed by atoms with Crippen molar-refractivity contribution in [3.63, 3.8) is 0 Å². The lowest BCUT2D eigenvalue weighted by Gasteiger charge is -2.25. The van der Waals surface area contributed by atoms with Gasteiger partial charge in [-0.25, -0.2) is 17.2 Å². The van der Waals surface area contributed by atoms with E-state index >= 15 is 0 Å². The fourth-order valence-corrected chi connectivity index (χ4v) is 2.90. The van der Waals surface area contributed by atoms with Crippen molar-refractivity contribution in [1.82, 2.24) is 4.90 Å². The molecule has 1 amide bonds. The topological polar surface area (TPSA) is 54.5 Å². The van der Waals surface area contributed by atoms with Crippen molar-refractivity contribution in [3.8, 4) is 0 Å². The molecule has 0 saturated carbocycles. The molecular weight excluding hydrogens is 336 g/mol. The van der Waals surface area contributed by atoms with Crippen LogP contribution in [0.2, 0.25) is 0 Å². The highest BCUT2D eigenvalue weighted by Gasteiger charge is 2.20. The zero-order valence-electron chi connectivity index (χ0n) is 13.5. The number of hydrogen-bond acceptors (Lipinski definition) is 3. The van der Waals surface area contributed by atoms with Crippen LogP contribution < -0.4 is 0 Å². The first-order valence-electron chi connectivity index (χ1n) is 7.13. The lowest BCUT2D eigenvalue weighted by Crippen LogP contribution is -2.29. The molecule has 0 aromatic heterocycles. The van der Waals surface area contributed by atoms with Crippen LogP contribution in [0.5, 0.6) is 0 Å². The number of benzene rings is 2. The number of carbonyl (C=O) groups excluding carboxylic acids is 1. The van der Waals surface area contributed by atoms with Gasteiger partial charge in [0.15, 0.2) is 9.84 Å². The van der Waals surface area contributed by atoms with Crippen molar-refractivity contribution < 1.29 is 22.0 Å². The second kappa shape index (κ2) is 6.68. The van der Waals surface area contributed by atoms with E-state index in [4.69, 9.17) is 0 Å². The van der Waals surface area contributed by atoms with E-state index in [2.05, 4.69) is 0 Å². The molecule has 0 spiro atoms. The van der Waals surface area contributed by atoms with E-state index < -0.39 is 33.4 Å². The van der Waals surface area contributed by atoms with Gasteiger partial charge in [-0.1, -0.05) is 12.1 Å². The van der Waals surface area contributed by atoms with Crippen molar-refractivity contribution in [3.05, 3.63) is 65.2 Å². The highest BCUT2D eigenvalue weighted by molar-refractivity contribution is 7.90. The lowest BCUT2D eigenvalue weighted by molar-refractivity contribution is 0.0741. The summed E-state index contributed by atoms with van der Waals surface area (Å²) in [6.07, 6.45) is 1.11. The standard InChI is InChI=1S/C17H17F2NO3S/c1-11(12-4-6-16(7-5-12)24(3,22)23)20(2)17(21)13-8-14(18)10-15(19)9-13/h4-11H,1-3H3/t11-/m0/s1. The van der Waals surface area contributed by atoms with E-state index in [0.717, 1.165) is 18.4 Å². The summed E-state index contributed by atoms with van der Waals surface area (Å²) in [5.41, 5.74) is 0.615. The van der Waals surface area contributed by atoms with Crippen molar-refractivity contribution in [2.24, 2.45) is 0 Å². The number of amides is 1. The Morgan fingerprint density at radius 2 is 1.54 bits per heavy atom. The number of sulfone groups is 1. The summed E-state index contributed by atoms with van der Waals surface area (Å²) in [6.45, 7) is 1.74. The summed E-state index contributed by atoms with van der Waals surface area (Å²) in [7, 11) is -1.78. The Morgan fingerprint density at radius 3 is 2.00 bits per heavy atom. The zero-order chi connectivity index (χ0) is 18.1. The predicted molar refractivity (Wildman–Crippen MR) is 86.4 cm³/mol. The molecule has 128 valence electrons. The van der Waals surface area contributed by atoms with E-state index in [1.807, 2.05) is 0 Å². The molecule has 0 N–H and O–H groups in total. The molecule has 0 saturated heterocycles. The molecule has 0 bridgehead atoms. The number of carbonyl (C=O) groups is 1. The van der Waals surface area contributed by atoms with Gasteiger partial charge in [-0.3, -0.25) is 4.79 Å². The maximum Gasteiger partial charge on any atom is 0.254 e. The fraction of sp³-hybridized carbons (Fsp3) is 0.235. The van der Waals surface area contributed by atoms with E-state index in [9.17, 15) is 22.0 Å². The van der Waals surface area contributed by atoms with Crippen LogP contribution in [0.1, 0.15) is 28.9 Å². The molecule has 0 fully saturated rings. The van der Waals surface area contributed by atoms with Gasteiger partial charge in [0.2, 0.25) is 0 Å². The third-order valence-corrected chi connectivity index (χ3v) is 4.93. The van der Waals surface area contributed by atoms with Gasteiger partial charge in [0.25, 0.3) is 5.91 Å². The second-order valence-electron chi connectivity index (χ2n) is 5.59. The molecule has 7 heteroatoms. The summed E-state index contributed by atoms with van der Waals surface area (Å²) in [5.74, 6) is -2.18. The Kier molecular flexibility index (Phi) is 5.03. The lowest BCUT2D eigenvalue weighted by atomic mass is 10.1. The molecule has 0 aliphatic heterocycles. The van der Waals surface area contributed by atoms with Crippen molar-refractivity contribution in [2.75, 3.05) is 13.3 Å². The molecule has 0 aliphatic carbocycles. The van der Waals surface area contributed by atoms with E-state index in [1.165, 1.54) is 24.1 Å². The minimum atomic E-state index is -3.30. The zero-order valence-corrected chi connectivity index (χ0v) is 14.3. The average Bonchev–Trinajstić information content (AvgIpc) is 2.51. The summed E-state index contributed by atoms with van der Waals surface area (Å²) in [4.78, 5) is 13.9. The molecule has 2 aromatic carbocycles. The molecule has 2 rings (SSSR count). The Balaban J connectivity index is 2.25. The molecule has 0 aliphatic rings. The van der Waals surface area contributed by atoms with Crippen molar-refractivity contribution in [2.45, 2.75) is 17.9 Å². The second-order valence-corrected chi connectivity index (χ2v) is 7.61. The first-order valence-corrected chi connectivity index (χ1v) is 9.02. The molecule has 4 nitrogen and oxygen atoms in total. The van der Waals surface area contributed by atoms with E-state index in [-0.39, 0.29) is 10.5 Å². The Morgan fingerprint density at radius 1 is 1.04 bits per heavy atom. The van der Waals surface area contributed by atoms with Crippen LogP contribution in [-0.2, 0) is 9.84 Å². The van der Waals surface area contributed by atoms with Gasteiger partial charge in [0, 0.05) is 24.9 Å². The minimum absolute atomic E-state index is 0.0883. The SMILES string of the molecule is C[C@@H](c1ccc(S(C)(=O)=O)cc1)N(C)C(=O)c1cc(F)cc(F)c1. The van der Waals surface area contributed by atoms with Gasteiger partial charge in [0.1, 0.15) is 11.6 Å². The van der Waals surface area contributed by atoms with Crippen LogP contribution in [0, 0.1) is 11.6 Å². The van der Waals surface area contributed by atoms with Crippen LogP contribution in [0.3, 0.4) is 0 Å². The maximum atomic E-state index is 13.3. The van der Waals surface area contributed by atoms with Crippen LogP contribution in [0.15, 0.2) is 47.4 Å². The number of rotatable bonds is 4. The normalized spacial score (nSPS) is 12.7. The summed E-state index contributed by atoms with van der Waals surface area (Å²) in [5, 5.41) is 0. The van der Waals surface area contributed by atoms with Crippen molar-refractivity contribution in [1.29, 1.82) is 0 Å². The third-order valence-electron chi connectivity index (χ3n) is 3.80. The van der Waals surface area contributed by atoms with E-state index in [0.29, 0.717) is 11.6 Å². The van der Waals surface area contributed by atoms with Crippen LogP contribution >= 0.6 is 0 Å². The smallest absolute Gasteiger partial charge is 0.254 e. The average molecular weight is 353 g/mol. The molecule has 1 atom stereocenters. The van der Waals surface area contributed by atoms with Gasteiger partial charge in [0.05, 0.1) is 10.9 Å². The maximum absolute atomic E-state index is 13.3. The monoisotopic (exact) mass is 353 g/mol. The van der Waals surface area contributed by atoms with Gasteiger partial charge in [-0.2, -0.15) is 0 Å². The van der Waals surface area contributed by atoms with Gasteiger partial charge >= 0.3 is 0 Å². The van der Waals surface area contributed by atoms with Crippen LogP contribution in [-0.4, -0.2) is 32.5 Å². The minimum Gasteiger partial charge on any atom is -0.335 e. The Hall–Kier alpha value is -2.28. The highest BCUT2D eigenvalue weighted by Crippen LogP contribution is 2.23. The summed E-state index contributed by atoms with van der Waals surface area (Å²) >= 11 is 0. The number of nitrogens with zero attached hydrogens (tertiary/aromatic N) is 1. The highest BCUT2D eigenvalue weighted by atomic mass is 32.2. The Bertz CT molecular complexity index is 844. The first kappa shape index (κ1) is 18.1. The molecular formula is C17H17F2NO3S. The van der Waals surface area contributed by atoms with Crippen molar-refractivity contribution >= 4 is 15.7 Å². The largest absolute Gasteiger partial charge is 0.335 e. The quantitative estimate of drug-likeness (QED) is 0.848. The van der Waals surface area contributed by atoms with Crippen LogP contribution in [0.25, 0.3) is 0 Å². The molecule has 2 aromatic rings. The molecule has 0 unspecified atom stereocenters. The van der Waals surface area contributed by atoms with Gasteiger partial charge in [-0.05, 0) is 36.8 Å². The summed E-state index contributed by atoms with van der Waals surface area (Å²) < 4.78 is 49.5. The summed E-state index contributed by atoms with van der Waals surface area (Å²) in [6, 6.07) is 8.38. The predicted octanol–water partition coefficient (Wildman–Crippen LogP) is 3.20. The molecule has 0 heterocycles. The molecule has 24 heavy (non-hydrogen) atoms.